The third-order valence-electron chi connectivity index (χ3n) is 4.45. The topological polar surface area (TPSA) is 50.4 Å². The molecule has 0 spiro atoms. The van der Waals surface area contributed by atoms with E-state index < -0.39 is 17.7 Å². The summed E-state index contributed by atoms with van der Waals surface area (Å²) in [6.07, 6.45) is -1.23. The van der Waals surface area contributed by atoms with Crippen molar-refractivity contribution >= 4 is 5.91 Å². The normalized spacial score (nSPS) is 17.3. The summed E-state index contributed by atoms with van der Waals surface area (Å²) in [5.74, 6) is -1.92. The number of benzene rings is 1. The minimum absolute atomic E-state index is 0.157. The zero-order valence-electron chi connectivity index (χ0n) is 14.4. The number of amides is 1. The lowest BCUT2D eigenvalue weighted by molar-refractivity contribution is -0.173. The molecule has 0 atom stereocenters. The van der Waals surface area contributed by atoms with Crippen LogP contribution in [0.3, 0.4) is 0 Å². The maximum atomic E-state index is 12.3. The summed E-state index contributed by atoms with van der Waals surface area (Å²) >= 11 is 0. The molecule has 0 radical (unpaired) electrons. The van der Waals surface area contributed by atoms with E-state index >= 15 is 0 Å². The number of carbonyl (C=O) groups is 1. The highest BCUT2D eigenvalue weighted by atomic mass is 19.4. The molecule has 1 aliphatic rings. The molecule has 1 aromatic carbocycles. The van der Waals surface area contributed by atoms with Crippen molar-refractivity contribution in [2.45, 2.75) is 50.9 Å². The second kappa shape index (κ2) is 8.67. The first-order valence-electron chi connectivity index (χ1n) is 8.66. The van der Waals surface area contributed by atoms with E-state index in [9.17, 15) is 18.0 Å². The van der Waals surface area contributed by atoms with Crippen LogP contribution in [0.2, 0.25) is 0 Å². The van der Waals surface area contributed by atoms with E-state index in [4.69, 9.17) is 4.74 Å². The highest BCUT2D eigenvalue weighted by Gasteiger charge is 2.38. The lowest BCUT2D eigenvalue weighted by Crippen LogP contribution is -2.42. The standard InChI is InChI=1S/C18H25F3N2O2/c1-2-3-11-25-17(7-9-22-10-8-17)15-6-4-5-14(12-15)13-23-16(24)18(19,20)21/h4-6,12,22H,2-3,7-11,13H2,1H3,(H,23,24). The largest absolute Gasteiger partial charge is 0.471 e. The molecule has 140 valence electrons. The van der Waals surface area contributed by atoms with Gasteiger partial charge in [-0.25, -0.2) is 0 Å². The Balaban J connectivity index is 2.12. The molecule has 1 aliphatic heterocycles. The predicted octanol–water partition coefficient (Wildman–Crippen LogP) is 3.26. The number of hydrogen-bond acceptors (Lipinski definition) is 3. The minimum Gasteiger partial charge on any atom is -0.370 e. The zero-order valence-corrected chi connectivity index (χ0v) is 14.4. The van der Waals surface area contributed by atoms with E-state index in [1.165, 1.54) is 0 Å². The molecule has 0 bridgehead atoms. The van der Waals surface area contributed by atoms with Gasteiger partial charge in [-0.2, -0.15) is 13.2 Å². The third kappa shape index (κ3) is 5.44. The molecule has 0 aromatic heterocycles. The number of piperidine rings is 1. The number of rotatable bonds is 7. The van der Waals surface area contributed by atoms with Crippen molar-refractivity contribution in [2.24, 2.45) is 0 Å². The van der Waals surface area contributed by atoms with E-state index in [2.05, 4.69) is 12.2 Å². The van der Waals surface area contributed by atoms with E-state index in [0.717, 1.165) is 44.3 Å². The molecule has 0 aliphatic carbocycles. The lowest BCUT2D eigenvalue weighted by Gasteiger charge is -2.38. The van der Waals surface area contributed by atoms with Crippen molar-refractivity contribution in [3.63, 3.8) is 0 Å². The van der Waals surface area contributed by atoms with Crippen molar-refractivity contribution in [3.8, 4) is 0 Å². The van der Waals surface area contributed by atoms with Crippen molar-refractivity contribution in [1.29, 1.82) is 0 Å². The summed E-state index contributed by atoms with van der Waals surface area (Å²) in [4.78, 5) is 11.0. The molecule has 1 fully saturated rings. The van der Waals surface area contributed by atoms with Crippen molar-refractivity contribution in [3.05, 3.63) is 35.4 Å². The van der Waals surface area contributed by atoms with Gasteiger partial charge in [-0.05, 0) is 43.5 Å². The van der Waals surface area contributed by atoms with E-state index in [1.54, 1.807) is 12.1 Å². The van der Waals surface area contributed by atoms with Crippen LogP contribution in [0.4, 0.5) is 13.2 Å². The second-order valence-corrected chi connectivity index (χ2v) is 6.33. The fourth-order valence-corrected chi connectivity index (χ4v) is 3.01. The SMILES string of the molecule is CCCCOC1(c2cccc(CNC(=O)C(F)(F)F)c2)CCNCC1. The van der Waals surface area contributed by atoms with Gasteiger partial charge in [0.1, 0.15) is 0 Å². The molecule has 7 heteroatoms. The van der Waals surface area contributed by atoms with Crippen LogP contribution in [-0.2, 0) is 21.7 Å². The van der Waals surface area contributed by atoms with Gasteiger partial charge in [-0.1, -0.05) is 37.6 Å². The molecule has 1 heterocycles. The Hall–Kier alpha value is -1.60. The first-order valence-corrected chi connectivity index (χ1v) is 8.66. The van der Waals surface area contributed by atoms with Crippen LogP contribution >= 0.6 is 0 Å². The molecule has 1 amide bonds. The fraction of sp³-hybridized carbons (Fsp3) is 0.611. The van der Waals surface area contributed by atoms with Gasteiger partial charge >= 0.3 is 12.1 Å². The highest BCUT2D eigenvalue weighted by molar-refractivity contribution is 5.81. The Morgan fingerprint density at radius 2 is 2.04 bits per heavy atom. The number of halogens is 3. The molecule has 2 rings (SSSR count). The van der Waals surface area contributed by atoms with E-state index in [-0.39, 0.29) is 6.54 Å². The zero-order chi connectivity index (χ0) is 18.3. The summed E-state index contributed by atoms with van der Waals surface area (Å²) in [5.41, 5.74) is 1.18. The maximum absolute atomic E-state index is 12.3. The summed E-state index contributed by atoms with van der Waals surface area (Å²) in [5, 5.41) is 5.23. The van der Waals surface area contributed by atoms with Crippen LogP contribution in [0.1, 0.15) is 43.7 Å². The first-order chi connectivity index (χ1) is 11.9. The first kappa shape index (κ1) is 19.7. The Kier molecular flexibility index (Phi) is 6.84. The Morgan fingerprint density at radius 3 is 2.68 bits per heavy atom. The Bertz CT molecular complexity index is 570. The van der Waals surface area contributed by atoms with Crippen LogP contribution in [0.25, 0.3) is 0 Å². The molecule has 1 saturated heterocycles. The average molecular weight is 358 g/mol. The van der Waals surface area contributed by atoms with Gasteiger partial charge < -0.3 is 15.4 Å². The summed E-state index contributed by atoms with van der Waals surface area (Å²) in [6.45, 7) is 4.27. The van der Waals surface area contributed by atoms with Gasteiger partial charge in [0.15, 0.2) is 0 Å². The van der Waals surface area contributed by atoms with Crippen LogP contribution < -0.4 is 10.6 Å². The summed E-state index contributed by atoms with van der Waals surface area (Å²) in [6, 6.07) is 7.30. The Morgan fingerprint density at radius 1 is 1.32 bits per heavy atom. The van der Waals surface area contributed by atoms with Crippen LogP contribution in [0.15, 0.2) is 24.3 Å². The number of unbranched alkanes of at least 4 members (excludes halogenated alkanes) is 1. The van der Waals surface area contributed by atoms with Gasteiger partial charge in [0.2, 0.25) is 0 Å². The van der Waals surface area contributed by atoms with Crippen molar-refractivity contribution in [2.75, 3.05) is 19.7 Å². The molecule has 25 heavy (non-hydrogen) atoms. The lowest BCUT2D eigenvalue weighted by atomic mass is 9.84. The summed E-state index contributed by atoms with van der Waals surface area (Å²) < 4.78 is 43.2. The minimum atomic E-state index is -4.86. The van der Waals surface area contributed by atoms with Gasteiger partial charge in [0, 0.05) is 13.2 Å². The molecule has 0 unspecified atom stereocenters. The van der Waals surface area contributed by atoms with Gasteiger partial charge in [0.25, 0.3) is 0 Å². The number of hydrogen-bond donors (Lipinski definition) is 2. The van der Waals surface area contributed by atoms with Crippen LogP contribution in [-0.4, -0.2) is 31.8 Å². The average Bonchev–Trinajstić information content (AvgIpc) is 2.60. The second-order valence-electron chi connectivity index (χ2n) is 6.33. The monoisotopic (exact) mass is 358 g/mol. The van der Waals surface area contributed by atoms with E-state index in [1.807, 2.05) is 17.4 Å². The summed E-state index contributed by atoms with van der Waals surface area (Å²) in [7, 11) is 0. The highest BCUT2D eigenvalue weighted by Crippen LogP contribution is 2.35. The van der Waals surface area contributed by atoms with Gasteiger partial charge in [-0.15, -0.1) is 0 Å². The fourth-order valence-electron chi connectivity index (χ4n) is 3.01. The molecule has 0 saturated carbocycles. The molecule has 4 nitrogen and oxygen atoms in total. The van der Waals surface area contributed by atoms with Crippen LogP contribution in [0, 0.1) is 0 Å². The van der Waals surface area contributed by atoms with Crippen molar-refractivity contribution < 1.29 is 22.7 Å². The van der Waals surface area contributed by atoms with Crippen LogP contribution in [0.5, 0.6) is 0 Å². The molecular formula is C18H25F3N2O2. The maximum Gasteiger partial charge on any atom is 0.471 e. The number of alkyl halides is 3. The molecule has 1 aromatic rings. The van der Waals surface area contributed by atoms with Gasteiger partial charge in [-0.3, -0.25) is 4.79 Å². The molecule has 2 N–H and O–H groups in total. The van der Waals surface area contributed by atoms with Gasteiger partial charge in [0.05, 0.1) is 5.60 Å². The number of nitrogens with one attached hydrogen (secondary N) is 2. The van der Waals surface area contributed by atoms with E-state index in [0.29, 0.717) is 12.2 Å². The smallest absolute Gasteiger partial charge is 0.370 e. The predicted molar refractivity (Wildman–Crippen MR) is 89.0 cm³/mol. The Labute approximate surface area is 146 Å². The number of ether oxygens (including phenoxy) is 1. The van der Waals surface area contributed by atoms with Crippen molar-refractivity contribution in [1.82, 2.24) is 10.6 Å². The quantitative estimate of drug-likeness (QED) is 0.736. The number of carbonyl (C=O) groups excluding carboxylic acids is 1. The molecular weight excluding hydrogens is 333 g/mol. The third-order valence-corrected chi connectivity index (χ3v) is 4.45.